The van der Waals surface area contributed by atoms with Crippen molar-refractivity contribution < 1.29 is 31.0 Å². The summed E-state index contributed by atoms with van der Waals surface area (Å²) in [7, 11) is -8.99. The van der Waals surface area contributed by atoms with Gasteiger partial charge < -0.3 is 5.11 Å². The van der Waals surface area contributed by atoms with Gasteiger partial charge in [-0.05, 0) is 29.7 Å². The van der Waals surface area contributed by atoms with Crippen LogP contribution in [0.1, 0.15) is 0 Å². The second-order valence-electron chi connectivity index (χ2n) is 3.78. The van der Waals surface area contributed by atoms with Crippen molar-refractivity contribution in [2.24, 2.45) is 0 Å². The molecule has 0 saturated heterocycles. The quantitative estimate of drug-likeness (QED) is 0.524. The van der Waals surface area contributed by atoms with Gasteiger partial charge in [-0.3, -0.25) is 9.11 Å². The van der Waals surface area contributed by atoms with E-state index in [4.69, 9.17) is 9.11 Å². The number of phenolic OH excluding ortho intramolecular Hbond substituents is 1. The molecule has 0 saturated carbocycles. The summed E-state index contributed by atoms with van der Waals surface area (Å²) in [4.78, 5) is -1.03. The number of hydrogen-bond donors (Lipinski definition) is 3. The normalized spacial score (nSPS) is 11.5. The van der Waals surface area contributed by atoms with E-state index < -0.39 is 35.8 Å². The third-order valence-corrected chi connectivity index (χ3v) is 4.15. The molecule has 0 aliphatic rings. The molecule has 0 atom stereocenters. The van der Waals surface area contributed by atoms with E-state index in [1.54, 1.807) is 0 Å². The largest absolute Gasteiger partial charge is 0.507 e. The van der Waals surface area contributed by atoms with Gasteiger partial charge >= 0.3 is 0 Å². The Morgan fingerprint density at radius 1 is 0.762 bits per heavy atom. The fourth-order valence-corrected chi connectivity index (χ4v) is 2.66. The van der Waals surface area contributed by atoms with Crippen LogP contribution in [0.5, 0.6) is 5.75 Å². The van der Waals surface area contributed by atoms with Gasteiger partial charge in [-0.2, -0.15) is 16.8 Å². The number of fused-ring (bicyclic) bond motifs is 1. The molecule has 0 aliphatic carbocycles. The molecule has 0 fully saturated rings. The van der Waals surface area contributed by atoms with E-state index in [9.17, 15) is 21.9 Å². The molecule has 0 aromatic heterocycles. The summed E-state index contributed by atoms with van der Waals surface area (Å²) in [5.41, 5.74) is 0. The maximum absolute atomic E-state index is 11.0. The molecule has 0 spiro atoms. The van der Waals surface area contributed by atoms with Crippen molar-refractivity contribution in [2.45, 2.75) is 9.79 Å². The van der Waals surface area contributed by atoms with Crippen molar-refractivity contribution in [3.05, 3.63) is 30.3 Å². The summed E-state index contributed by atoms with van der Waals surface area (Å²) in [5, 5.41) is 9.85. The van der Waals surface area contributed by atoms with Crippen LogP contribution in [0.4, 0.5) is 0 Å². The second-order valence-corrected chi connectivity index (χ2v) is 6.62. The minimum Gasteiger partial charge on any atom is -0.507 e. The van der Waals surface area contributed by atoms with Crippen molar-refractivity contribution in [3.63, 3.8) is 0 Å². The Labute approximate surface area is 165 Å². The van der Waals surface area contributed by atoms with Crippen LogP contribution in [0.2, 0.25) is 0 Å². The molecule has 11 heteroatoms. The first-order chi connectivity index (χ1) is 8.59. The zero-order chi connectivity index (χ0) is 14.4. The standard InChI is InChI=1S/C10H8O7S2.2Na/c11-10-5-8(19(15,16)17)4-6-3-7(18(12,13)14)1-2-9(6)10;;/h1-5,11H,(H,12,13,14)(H,15,16,17);;. The first-order valence-corrected chi connectivity index (χ1v) is 7.69. The van der Waals surface area contributed by atoms with Crippen molar-refractivity contribution in [1.29, 1.82) is 0 Å². The molecule has 0 unspecified atom stereocenters. The molecule has 104 valence electrons. The number of benzene rings is 2. The molecule has 0 bridgehead atoms. The fourth-order valence-electron chi connectivity index (χ4n) is 1.61. The zero-order valence-electron chi connectivity index (χ0n) is 11.2. The Hall–Kier alpha value is 0.320. The van der Waals surface area contributed by atoms with Gasteiger partial charge in [0.05, 0.1) is 9.79 Å². The first-order valence-electron chi connectivity index (χ1n) is 4.81. The van der Waals surface area contributed by atoms with Crippen LogP contribution >= 0.6 is 0 Å². The Balaban J connectivity index is 0.00000200. The molecular weight excluding hydrogens is 342 g/mol. The first kappa shape index (κ1) is 21.3. The summed E-state index contributed by atoms with van der Waals surface area (Å²) >= 11 is 0. The minimum absolute atomic E-state index is 0. The molecule has 7 nitrogen and oxygen atoms in total. The van der Waals surface area contributed by atoms with E-state index in [0.29, 0.717) is 0 Å². The van der Waals surface area contributed by atoms with Crippen LogP contribution in [0.15, 0.2) is 40.1 Å². The Morgan fingerprint density at radius 2 is 1.24 bits per heavy atom. The van der Waals surface area contributed by atoms with Gasteiger partial charge in [0, 0.05) is 70.6 Å². The van der Waals surface area contributed by atoms with E-state index in [1.165, 1.54) is 6.07 Å². The SMILES string of the molecule is O=S(=O)(O)c1ccc2c(O)cc(S(=O)(=O)O)cc2c1.[Na].[Na]. The topological polar surface area (TPSA) is 129 Å². The van der Waals surface area contributed by atoms with Gasteiger partial charge in [-0.25, -0.2) is 0 Å². The number of hydrogen-bond acceptors (Lipinski definition) is 5. The third-order valence-electron chi connectivity index (χ3n) is 2.47. The summed E-state index contributed by atoms with van der Waals surface area (Å²) in [6, 6.07) is 5.08. The van der Waals surface area contributed by atoms with Gasteiger partial charge in [0.15, 0.2) is 0 Å². The molecule has 0 heterocycles. The summed E-state index contributed by atoms with van der Waals surface area (Å²) in [6.07, 6.45) is 0. The van der Waals surface area contributed by atoms with Gasteiger partial charge in [0.1, 0.15) is 5.75 Å². The maximum atomic E-state index is 11.0. The van der Waals surface area contributed by atoms with Crippen LogP contribution < -0.4 is 0 Å². The van der Waals surface area contributed by atoms with E-state index in [0.717, 1.165) is 24.3 Å². The molecule has 0 amide bonds. The van der Waals surface area contributed by atoms with E-state index in [1.807, 2.05) is 0 Å². The average Bonchev–Trinajstić information content (AvgIpc) is 2.25. The molecule has 2 radical (unpaired) electrons. The minimum atomic E-state index is -4.54. The third kappa shape index (κ3) is 4.90. The van der Waals surface area contributed by atoms with Crippen molar-refractivity contribution in [3.8, 4) is 5.75 Å². The van der Waals surface area contributed by atoms with Crippen LogP contribution in [0.3, 0.4) is 0 Å². The second kappa shape index (κ2) is 7.26. The van der Waals surface area contributed by atoms with Gasteiger partial charge in [0.2, 0.25) is 0 Å². The Morgan fingerprint density at radius 3 is 1.71 bits per heavy atom. The monoisotopic (exact) mass is 350 g/mol. The number of aromatic hydroxyl groups is 1. The zero-order valence-corrected chi connectivity index (χ0v) is 16.8. The Bertz CT molecular complexity index is 870. The van der Waals surface area contributed by atoms with E-state index in [2.05, 4.69) is 0 Å². The Kier molecular flexibility index (Phi) is 7.37. The number of rotatable bonds is 2. The van der Waals surface area contributed by atoms with E-state index in [-0.39, 0.29) is 69.9 Å². The van der Waals surface area contributed by atoms with Crippen molar-refractivity contribution in [2.75, 3.05) is 0 Å². The average molecular weight is 350 g/mol. The van der Waals surface area contributed by atoms with E-state index >= 15 is 0 Å². The van der Waals surface area contributed by atoms with Crippen LogP contribution in [-0.2, 0) is 20.2 Å². The number of phenols is 1. The molecule has 0 aliphatic heterocycles. The fraction of sp³-hybridized carbons (Fsp3) is 0. The van der Waals surface area contributed by atoms with Gasteiger partial charge in [-0.15, -0.1) is 0 Å². The smallest absolute Gasteiger partial charge is 0.294 e. The molecule has 3 N–H and O–H groups in total. The maximum Gasteiger partial charge on any atom is 0.294 e. The molecule has 21 heavy (non-hydrogen) atoms. The van der Waals surface area contributed by atoms with Crippen LogP contribution in [0.25, 0.3) is 10.8 Å². The summed E-state index contributed by atoms with van der Waals surface area (Å²) in [5.74, 6) is -0.438. The summed E-state index contributed by atoms with van der Waals surface area (Å²) < 4.78 is 61.7. The van der Waals surface area contributed by atoms with Crippen molar-refractivity contribution >= 4 is 90.1 Å². The van der Waals surface area contributed by atoms with Crippen LogP contribution in [0, 0.1) is 0 Å². The van der Waals surface area contributed by atoms with Gasteiger partial charge in [0.25, 0.3) is 20.2 Å². The molecule has 2 aromatic rings. The van der Waals surface area contributed by atoms with Crippen molar-refractivity contribution in [1.82, 2.24) is 0 Å². The van der Waals surface area contributed by atoms with Crippen LogP contribution in [-0.4, -0.2) is 90.2 Å². The predicted octanol–water partition coefficient (Wildman–Crippen LogP) is 0.277. The summed E-state index contributed by atoms with van der Waals surface area (Å²) in [6.45, 7) is 0. The predicted molar refractivity (Wildman–Crippen MR) is 76.8 cm³/mol. The molecular formula is C10H8Na2O7S2. The molecule has 2 aromatic carbocycles. The van der Waals surface area contributed by atoms with Gasteiger partial charge in [-0.1, -0.05) is 0 Å². The molecule has 2 rings (SSSR count).